The van der Waals surface area contributed by atoms with E-state index in [2.05, 4.69) is 5.10 Å². The second kappa shape index (κ2) is 6.32. The normalized spacial score (nSPS) is 10.8. The van der Waals surface area contributed by atoms with Gasteiger partial charge in [-0.2, -0.15) is 5.10 Å². The molecular weight excluding hydrogens is 306 g/mol. The zero-order chi connectivity index (χ0) is 14.0. The molecule has 0 aliphatic carbocycles. The SMILES string of the molecule is Cc1cc(OC(=O)C(C)(C)C)n(-c2ccccc2)n1.[Zn]. The molecule has 1 aromatic heterocycles. The molecule has 0 radical (unpaired) electrons. The van der Waals surface area contributed by atoms with Crippen molar-refractivity contribution in [3.63, 3.8) is 0 Å². The fraction of sp³-hybridized carbons (Fsp3) is 0.333. The van der Waals surface area contributed by atoms with E-state index in [1.807, 2.05) is 58.0 Å². The summed E-state index contributed by atoms with van der Waals surface area (Å²) in [4.78, 5) is 12.0. The number of ether oxygens (including phenoxy) is 1. The summed E-state index contributed by atoms with van der Waals surface area (Å²) in [5.41, 5.74) is 1.13. The Kier molecular flexibility index (Phi) is 5.23. The van der Waals surface area contributed by atoms with Crippen molar-refractivity contribution in [2.45, 2.75) is 27.7 Å². The maximum atomic E-state index is 12.0. The van der Waals surface area contributed by atoms with E-state index in [9.17, 15) is 4.79 Å². The standard InChI is InChI=1S/C15H18N2O2.Zn/c1-11-10-13(19-14(18)15(2,3)4)17(16-11)12-8-6-5-7-9-12;/h5-10H,1-4H3;. The number of aryl methyl sites for hydroxylation is 1. The maximum Gasteiger partial charge on any atom is 0.317 e. The van der Waals surface area contributed by atoms with Gasteiger partial charge in [0.15, 0.2) is 0 Å². The molecule has 0 amide bonds. The predicted molar refractivity (Wildman–Crippen MR) is 73.4 cm³/mol. The van der Waals surface area contributed by atoms with Crippen LogP contribution in [0.2, 0.25) is 0 Å². The van der Waals surface area contributed by atoms with E-state index in [0.29, 0.717) is 5.88 Å². The second-order valence-corrected chi connectivity index (χ2v) is 5.51. The number of rotatable bonds is 2. The molecule has 0 saturated heterocycles. The van der Waals surface area contributed by atoms with E-state index in [0.717, 1.165) is 11.4 Å². The fourth-order valence-electron chi connectivity index (χ4n) is 1.55. The Hall–Kier alpha value is -1.48. The van der Waals surface area contributed by atoms with E-state index < -0.39 is 5.41 Å². The van der Waals surface area contributed by atoms with E-state index in [1.165, 1.54) is 0 Å². The predicted octanol–water partition coefficient (Wildman–Crippen LogP) is 3.13. The van der Waals surface area contributed by atoms with Crippen LogP contribution in [0.4, 0.5) is 0 Å². The number of esters is 1. The fourth-order valence-corrected chi connectivity index (χ4v) is 1.55. The number of para-hydroxylation sites is 1. The molecule has 0 fully saturated rings. The van der Waals surface area contributed by atoms with E-state index in [4.69, 9.17) is 4.74 Å². The Morgan fingerprint density at radius 1 is 1.20 bits per heavy atom. The molecule has 2 aromatic rings. The summed E-state index contributed by atoms with van der Waals surface area (Å²) < 4.78 is 7.08. The molecule has 4 nitrogen and oxygen atoms in total. The van der Waals surface area contributed by atoms with Crippen LogP contribution in [0.3, 0.4) is 0 Å². The molecule has 1 aromatic carbocycles. The summed E-state index contributed by atoms with van der Waals surface area (Å²) in [6.45, 7) is 7.34. The van der Waals surface area contributed by atoms with Gasteiger partial charge in [-0.3, -0.25) is 4.79 Å². The van der Waals surface area contributed by atoms with Gasteiger partial charge in [0.25, 0.3) is 0 Å². The van der Waals surface area contributed by atoms with Crippen LogP contribution in [-0.2, 0) is 24.3 Å². The number of hydrogen-bond donors (Lipinski definition) is 0. The maximum absolute atomic E-state index is 12.0. The number of carbonyl (C=O) groups excluding carboxylic acids is 1. The van der Waals surface area contributed by atoms with Gasteiger partial charge in [0.1, 0.15) is 0 Å². The third kappa shape index (κ3) is 3.76. The van der Waals surface area contributed by atoms with Gasteiger partial charge in [0.2, 0.25) is 5.88 Å². The molecule has 0 bridgehead atoms. The van der Waals surface area contributed by atoms with Gasteiger partial charge in [0, 0.05) is 25.5 Å². The van der Waals surface area contributed by atoms with Crippen molar-refractivity contribution in [3.8, 4) is 11.6 Å². The van der Waals surface area contributed by atoms with Gasteiger partial charge in [-0.05, 0) is 39.8 Å². The Morgan fingerprint density at radius 3 is 2.35 bits per heavy atom. The first-order valence-electron chi connectivity index (χ1n) is 6.22. The summed E-state index contributed by atoms with van der Waals surface area (Å²) in [5.74, 6) is 0.174. The van der Waals surface area contributed by atoms with Gasteiger partial charge in [-0.25, -0.2) is 4.68 Å². The summed E-state index contributed by atoms with van der Waals surface area (Å²) >= 11 is 0. The molecule has 2 rings (SSSR count). The number of carbonyl (C=O) groups is 1. The van der Waals surface area contributed by atoms with Crippen LogP contribution in [0.5, 0.6) is 5.88 Å². The molecule has 102 valence electrons. The molecule has 0 unspecified atom stereocenters. The third-order valence-electron chi connectivity index (χ3n) is 2.61. The molecule has 0 saturated carbocycles. The Morgan fingerprint density at radius 2 is 1.80 bits per heavy atom. The topological polar surface area (TPSA) is 44.1 Å². The molecule has 1 heterocycles. The van der Waals surface area contributed by atoms with Crippen LogP contribution in [0, 0.1) is 12.3 Å². The average molecular weight is 324 g/mol. The minimum absolute atomic E-state index is 0. The summed E-state index contributed by atoms with van der Waals surface area (Å²) in [7, 11) is 0. The summed E-state index contributed by atoms with van der Waals surface area (Å²) in [6, 6.07) is 11.4. The van der Waals surface area contributed by atoms with E-state index >= 15 is 0 Å². The van der Waals surface area contributed by atoms with Crippen LogP contribution >= 0.6 is 0 Å². The van der Waals surface area contributed by atoms with Gasteiger partial charge in [-0.15, -0.1) is 0 Å². The smallest absolute Gasteiger partial charge is 0.317 e. The van der Waals surface area contributed by atoms with E-state index in [1.54, 1.807) is 10.7 Å². The second-order valence-electron chi connectivity index (χ2n) is 5.51. The van der Waals surface area contributed by atoms with Gasteiger partial charge in [-0.1, -0.05) is 18.2 Å². The number of hydrogen-bond acceptors (Lipinski definition) is 3. The minimum atomic E-state index is -0.542. The molecule has 0 N–H and O–H groups in total. The molecule has 0 aliphatic heterocycles. The monoisotopic (exact) mass is 322 g/mol. The van der Waals surface area contributed by atoms with Gasteiger partial charge < -0.3 is 4.74 Å². The van der Waals surface area contributed by atoms with E-state index in [-0.39, 0.29) is 25.4 Å². The van der Waals surface area contributed by atoms with Crippen LogP contribution in [-0.4, -0.2) is 15.7 Å². The first kappa shape index (κ1) is 16.6. The van der Waals surface area contributed by atoms with Crippen molar-refractivity contribution in [1.82, 2.24) is 9.78 Å². The molecule has 0 spiro atoms. The number of aromatic nitrogens is 2. The van der Waals surface area contributed by atoms with Crippen LogP contribution in [0.1, 0.15) is 26.5 Å². The van der Waals surface area contributed by atoms with Gasteiger partial charge in [0.05, 0.1) is 16.8 Å². The first-order chi connectivity index (χ1) is 8.88. The summed E-state index contributed by atoms with van der Waals surface area (Å²) in [5, 5.41) is 4.36. The zero-order valence-electron chi connectivity index (χ0n) is 12.4. The molecule has 0 aliphatic rings. The number of nitrogens with zero attached hydrogens (tertiary/aromatic N) is 2. The van der Waals surface area contributed by atoms with Crippen LogP contribution in [0.25, 0.3) is 5.69 Å². The Bertz CT molecular complexity index is 586. The van der Waals surface area contributed by atoms with Crippen molar-refractivity contribution in [2.75, 3.05) is 0 Å². The quantitative estimate of drug-likeness (QED) is 0.630. The van der Waals surface area contributed by atoms with Crippen LogP contribution in [0.15, 0.2) is 36.4 Å². The molecule has 5 heteroatoms. The molecular formula is C15H18N2O2Zn. The van der Waals surface area contributed by atoms with Crippen molar-refractivity contribution in [2.24, 2.45) is 5.41 Å². The third-order valence-corrected chi connectivity index (χ3v) is 2.61. The number of benzene rings is 1. The first-order valence-corrected chi connectivity index (χ1v) is 6.22. The van der Waals surface area contributed by atoms with Crippen molar-refractivity contribution < 1.29 is 29.0 Å². The Balaban J connectivity index is 0.00000200. The minimum Gasteiger partial charge on any atom is -0.407 e. The summed E-state index contributed by atoms with van der Waals surface area (Å²) in [6.07, 6.45) is 0. The zero-order valence-corrected chi connectivity index (χ0v) is 15.3. The van der Waals surface area contributed by atoms with Crippen LogP contribution < -0.4 is 4.74 Å². The Labute approximate surface area is 131 Å². The largest absolute Gasteiger partial charge is 0.407 e. The molecule has 0 atom stereocenters. The van der Waals surface area contributed by atoms with Crippen molar-refractivity contribution in [3.05, 3.63) is 42.1 Å². The van der Waals surface area contributed by atoms with Crippen molar-refractivity contribution >= 4 is 5.97 Å². The average Bonchev–Trinajstić information content (AvgIpc) is 2.70. The molecule has 20 heavy (non-hydrogen) atoms. The van der Waals surface area contributed by atoms with Gasteiger partial charge >= 0.3 is 5.97 Å². The van der Waals surface area contributed by atoms with Crippen molar-refractivity contribution in [1.29, 1.82) is 0 Å².